The van der Waals surface area contributed by atoms with Crippen molar-refractivity contribution < 1.29 is 13.7 Å². The number of hydrogen-bond acceptors (Lipinski definition) is 5. The van der Waals surface area contributed by atoms with Crippen molar-refractivity contribution in [3.05, 3.63) is 0 Å². The molecule has 1 aliphatic carbocycles. The Labute approximate surface area is 107 Å². The molecule has 0 aliphatic heterocycles. The van der Waals surface area contributed by atoms with E-state index in [1.54, 1.807) is 0 Å². The standard InChI is InChI=1S/C11H22N2O3S/c1-11(2,3)16-10(14)13-17-15-7-8-4-5-9(12)6-8/h8-9H,4-7,12H2,1-3H3,(H,13,14). The van der Waals surface area contributed by atoms with Crippen LogP contribution in [0.1, 0.15) is 40.0 Å². The zero-order valence-corrected chi connectivity index (χ0v) is 11.5. The lowest BCUT2D eigenvalue weighted by Crippen LogP contribution is -2.29. The van der Waals surface area contributed by atoms with E-state index < -0.39 is 11.7 Å². The van der Waals surface area contributed by atoms with Gasteiger partial charge in [-0.05, 0) is 46.0 Å². The molecule has 2 unspecified atom stereocenters. The summed E-state index contributed by atoms with van der Waals surface area (Å²) in [5, 5.41) is 0. The number of carbonyl (C=O) groups excluding carboxylic acids is 1. The minimum atomic E-state index is -0.483. The molecule has 2 atom stereocenters. The number of ether oxygens (including phenoxy) is 1. The van der Waals surface area contributed by atoms with Gasteiger partial charge in [0.15, 0.2) is 0 Å². The van der Waals surface area contributed by atoms with Gasteiger partial charge in [-0.1, -0.05) is 0 Å². The maximum atomic E-state index is 11.3. The lowest BCUT2D eigenvalue weighted by Gasteiger charge is -2.19. The van der Waals surface area contributed by atoms with E-state index in [1.807, 2.05) is 20.8 Å². The molecule has 6 heteroatoms. The lowest BCUT2D eigenvalue weighted by atomic mass is 10.1. The summed E-state index contributed by atoms with van der Waals surface area (Å²) in [7, 11) is 0. The maximum Gasteiger partial charge on any atom is 0.419 e. The van der Waals surface area contributed by atoms with Gasteiger partial charge in [-0.2, -0.15) is 0 Å². The molecular weight excluding hydrogens is 240 g/mol. The molecule has 1 aliphatic rings. The van der Waals surface area contributed by atoms with E-state index >= 15 is 0 Å². The van der Waals surface area contributed by atoms with Crippen LogP contribution in [0.15, 0.2) is 0 Å². The van der Waals surface area contributed by atoms with Crippen LogP contribution in [0.25, 0.3) is 0 Å². The number of carbonyl (C=O) groups is 1. The zero-order valence-electron chi connectivity index (χ0n) is 10.7. The molecule has 17 heavy (non-hydrogen) atoms. The SMILES string of the molecule is CC(C)(C)OC(=O)NSOCC1CCC(N)C1. The highest BCUT2D eigenvalue weighted by Gasteiger charge is 2.22. The highest BCUT2D eigenvalue weighted by molar-refractivity contribution is 7.93. The normalized spacial score (nSPS) is 24.7. The summed E-state index contributed by atoms with van der Waals surface area (Å²) in [4.78, 5) is 11.3. The second-order valence-electron chi connectivity index (χ2n) is 5.41. The monoisotopic (exact) mass is 262 g/mol. The Morgan fingerprint density at radius 2 is 2.18 bits per heavy atom. The van der Waals surface area contributed by atoms with E-state index in [1.165, 1.54) is 0 Å². The summed E-state index contributed by atoms with van der Waals surface area (Å²) in [6.07, 6.45) is 2.70. The number of amides is 1. The Hall–Kier alpha value is -0.460. The van der Waals surface area contributed by atoms with Crippen molar-refractivity contribution >= 4 is 18.3 Å². The first-order valence-electron chi connectivity index (χ1n) is 5.90. The molecule has 0 aromatic carbocycles. The minimum Gasteiger partial charge on any atom is -0.443 e. The van der Waals surface area contributed by atoms with Crippen LogP contribution >= 0.6 is 12.2 Å². The van der Waals surface area contributed by atoms with Crippen LogP contribution in [0.2, 0.25) is 0 Å². The van der Waals surface area contributed by atoms with Crippen molar-refractivity contribution in [3.63, 3.8) is 0 Å². The Balaban J connectivity index is 2.02. The van der Waals surface area contributed by atoms with Crippen molar-refractivity contribution in [1.82, 2.24) is 4.72 Å². The van der Waals surface area contributed by atoms with Crippen LogP contribution in [0.4, 0.5) is 4.79 Å². The Morgan fingerprint density at radius 1 is 1.47 bits per heavy atom. The molecule has 0 spiro atoms. The summed E-state index contributed by atoms with van der Waals surface area (Å²) < 4.78 is 12.8. The molecule has 3 N–H and O–H groups in total. The summed E-state index contributed by atoms with van der Waals surface area (Å²) in [6, 6.07) is 0.312. The van der Waals surface area contributed by atoms with Crippen LogP contribution in [0, 0.1) is 5.92 Å². The van der Waals surface area contributed by atoms with E-state index in [2.05, 4.69) is 4.72 Å². The average Bonchev–Trinajstić information content (AvgIpc) is 2.56. The van der Waals surface area contributed by atoms with Gasteiger partial charge in [0.2, 0.25) is 0 Å². The van der Waals surface area contributed by atoms with Crippen molar-refractivity contribution in [3.8, 4) is 0 Å². The second-order valence-corrected chi connectivity index (χ2v) is 6.02. The molecule has 0 aromatic rings. The quantitative estimate of drug-likeness (QED) is 0.461. The molecule has 0 bridgehead atoms. The van der Waals surface area contributed by atoms with E-state index in [0.717, 1.165) is 31.5 Å². The van der Waals surface area contributed by atoms with Gasteiger partial charge in [-0.15, -0.1) is 0 Å². The van der Waals surface area contributed by atoms with Gasteiger partial charge in [0.25, 0.3) is 0 Å². The number of hydrogen-bond donors (Lipinski definition) is 2. The fraction of sp³-hybridized carbons (Fsp3) is 0.909. The smallest absolute Gasteiger partial charge is 0.419 e. The maximum absolute atomic E-state index is 11.3. The summed E-state index contributed by atoms with van der Waals surface area (Å²) in [6.45, 7) is 6.07. The topological polar surface area (TPSA) is 73.6 Å². The van der Waals surface area contributed by atoms with Gasteiger partial charge in [0.1, 0.15) is 17.8 Å². The summed E-state index contributed by atoms with van der Waals surface area (Å²) in [5.41, 5.74) is 5.31. The van der Waals surface area contributed by atoms with Gasteiger partial charge in [0.05, 0.1) is 6.61 Å². The van der Waals surface area contributed by atoms with Gasteiger partial charge in [-0.25, -0.2) is 9.52 Å². The molecule has 0 heterocycles. The van der Waals surface area contributed by atoms with Crippen molar-refractivity contribution in [2.75, 3.05) is 6.61 Å². The van der Waals surface area contributed by atoms with Gasteiger partial charge < -0.3 is 10.5 Å². The first-order chi connectivity index (χ1) is 7.87. The Bertz CT molecular complexity index is 256. The number of nitrogens with two attached hydrogens (primary N) is 1. The predicted octanol–water partition coefficient (Wildman–Crippen LogP) is 2.22. The van der Waals surface area contributed by atoms with Crippen LogP contribution < -0.4 is 10.5 Å². The molecule has 1 rings (SSSR count). The van der Waals surface area contributed by atoms with Gasteiger partial charge in [0, 0.05) is 6.04 Å². The molecule has 0 radical (unpaired) electrons. The summed E-state index contributed by atoms with van der Waals surface area (Å²) in [5.74, 6) is 0.512. The number of rotatable bonds is 4. The van der Waals surface area contributed by atoms with Crippen LogP contribution in [-0.2, 0) is 8.92 Å². The fourth-order valence-electron chi connectivity index (χ4n) is 1.76. The van der Waals surface area contributed by atoms with Crippen molar-refractivity contribution in [1.29, 1.82) is 0 Å². The van der Waals surface area contributed by atoms with E-state index in [9.17, 15) is 4.79 Å². The van der Waals surface area contributed by atoms with Crippen molar-refractivity contribution in [2.45, 2.75) is 51.7 Å². The van der Waals surface area contributed by atoms with Crippen LogP contribution in [0.5, 0.6) is 0 Å². The van der Waals surface area contributed by atoms with Crippen LogP contribution in [0.3, 0.4) is 0 Å². The zero-order chi connectivity index (χ0) is 12.9. The Morgan fingerprint density at radius 3 is 2.71 bits per heavy atom. The Kier molecular flexibility index (Phi) is 5.55. The summed E-state index contributed by atoms with van der Waals surface area (Å²) >= 11 is 0.925. The third kappa shape index (κ3) is 6.75. The van der Waals surface area contributed by atoms with Crippen molar-refractivity contribution in [2.24, 2.45) is 11.7 Å². The predicted molar refractivity (Wildman–Crippen MR) is 68.2 cm³/mol. The molecule has 1 amide bonds. The molecular formula is C11H22N2O3S. The minimum absolute atomic E-state index is 0.312. The number of nitrogens with one attached hydrogen (secondary N) is 1. The third-order valence-corrected chi connectivity index (χ3v) is 2.97. The molecule has 0 aromatic heterocycles. The van der Waals surface area contributed by atoms with Crippen LogP contribution in [-0.4, -0.2) is 24.3 Å². The molecule has 1 fully saturated rings. The van der Waals surface area contributed by atoms with Gasteiger partial charge >= 0.3 is 6.09 Å². The fourth-order valence-corrected chi connectivity index (χ4v) is 2.19. The van der Waals surface area contributed by atoms with Gasteiger partial charge in [-0.3, -0.25) is 4.18 Å². The molecule has 0 saturated heterocycles. The first kappa shape index (κ1) is 14.6. The van der Waals surface area contributed by atoms with E-state index in [-0.39, 0.29) is 0 Å². The largest absolute Gasteiger partial charge is 0.443 e. The highest BCUT2D eigenvalue weighted by atomic mass is 32.2. The van der Waals surface area contributed by atoms with E-state index in [0.29, 0.717) is 18.6 Å². The lowest BCUT2D eigenvalue weighted by molar-refractivity contribution is 0.0570. The average molecular weight is 262 g/mol. The molecule has 5 nitrogen and oxygen atoms in total. The first-order valence-corrected chi connectivity index (χ1v) is 6.64. The molecule has 100 valence electrons. The second kappa shape index (κ2) is 6.47. The third-order valence-electron chi connectivity index (χ3n) is 2.47. The van der Waals surface area contributed by atoms with E-state index in [4.69, 9.17) is 14.7 Å². The molecule has 1 saturated carbocycles. The highest BCUT2D eigenvalue weighted by Crippen LogP contribution is 2.25.